The molecule has 1 aromatic carbocycles. The van der Waals surface area contributed by atoms with Crippen molar-refractivity contribution in [3.8, 4) is 0 Å². The van der Waals surface area contributed by atoms with E-state index >= 15 is 0 Å². The first-order valence-electron chi connectivity index (χ1n) is 6.58. The maximum Gasteiger partial charge on any atom is 0.335 e. The average molecular weight is 296 g/mol. The van der Waals surface area contributed by atoms with E-state index in [0.29, 0.717) is 13.0 Å². The fraction of sp³-hybridized carbons (Fsp3) is 0.462. The molecule has 7 heteroatoms. The van der Waals surface area contributed by atoms with Crippen molar-refractivity contribution >= 4 is 16.2 Å². The van der Waals surface area contributed by atoms with Gasteiger partial charge >= 0.3 is 5.97 Å². The Hall–Kier alpha value is -1.44. The molecule has 0 atom stereocenters. The predicted octanol–water partition coefficient (Wildman–Crippen LogP) is 0.740. The summed E-state index contributed by atoms with van der Waals surface area (Å²) >= 11 is 0. The second-order valence-electron chi connectivity index (χ2n) is 5.27. The van der Waals surface area contributed by atoms with Crippen LogP contribution in [0, 0.1) is 0 Å². The van der Waals surface area contributed by atoms with Crippen molar-refractivity contribution in [2.24, 2.45) is 0 Å². The molecule has 0 saturated heterocycles. The molecule has 0 unspecified atom stereocenters. The fourth-order valence-electron chi connectivity index (χ4n) is 2.36. The zero-order chi connectivity index (χ0) is 14.3. The maximum absolute atomic E-state index is 12.2. The molecule has 1 heterocycles. The smallest absolute Gasteiger partial charge is 0.335 e. The van der Waals surface area contributed by atoms with Crippen LogP contribution in [0.15, 0.2) is 18.2 Å². The molecule has 1 fully saturated rings. The lowest BCUT2D eigenvalue weighted by Crippen LogP contribution is -2.44. The number of carbonyl (C=O) groups is 1. The minimum Gasteiger partial charge on any atom is -0.478 e. The Morgan fingerprint density at radius 3 is 2.70 bits per heavy atom. The first-order valence-corrected chi connectivity index (χ1v) is 8.02. The summed E-state index contributed by atoms with van der Waals surface area (Å²) < 4.78 is 28.4. The SMILES string of the molecule is O=C(O)c1ccc2c(c1)CN(S(=O)(=O)NC1CC1)CC2. The van der Waals surface area contributed by atoms with Gasteiger partial charge in [0.15, 0.2) is 0 Å². The van der Waals surface area contributed by atoms with Crippen LogP contribution in [0.2, 0.25) is 0 Å². The summed E-state index contributed by atoms with van der Waals surface area (Å²) in [5, 5.41) is 9.00. The van der Waals surface area contributed by atoms with Crippen LogP contribution in [0.1, 0.15) is 34.3 Å². The summed E-state index contributed by atoms with van der Waals surface area (Å²) in [6, 6.07) is 4.98. The average Bonchev–Trinajstić information content (AvgIpc) is 3.20. The third-order valence-corrected chi connectivity index (χ3v) is 5.29. The molecule has 2 N–H and O–H groups in total. The molecule has 1 aliphatic heterocycles. The van der Waals surface area contributed by atoms with Crippen LogP contribution in [0.4, 0.5) is 0 Å². The van der Waals surface area contributed by atoms with Crippen LogP contribution < -0.4 is 4.72 Å². The zero-order valence-electron chi connectivity index (χ0n) is 10.9. The van der Waals surface area contributed by atoms with Gasteiger partial charge in [-0.05, 0) is 42.5 Å². The Bertz CT molecular complexity index is 652. The lowest BCUT2D eigenvalue weighted by molar-refractivity contribution is 0.0696. The van der Waals surface area contributed by atoms with Crippen LogP contribution in [0.25, 0.3) is 0 Å². The van der Waals surface area contributed by atoms with E-state index in [4.69, 9.17) is 5.11 Å². The quantitative estimate of drug-likeness (QED) is 0.858. The topological polar surface area (TPSA) is 86.7 Å². The molecule has 3 rings (SSSR count). The number of benzene rings is 1. The highest BCUT2D eigenvalue weighted by Gasteiger charge is 2.32. The monoisotopic (exact) mass is 296 g/mol. The number of nitrogens with one attached hydrogen (secondary N) is 1. The van der Waals surface area contributed by atoms with Gasteiger partial charge in [-0.25, -0.2) is 4.79 Å². The lowest BCUT2D eigenvalue weighted by Gasteiger charge is -2.28. The maximum atomic E-state index is 12.2. The largest absolute Gasteiger partial charge is 0.478 e. The number of hydrogen-bond donors (Lipinski definition) is 2. The molecule has 108 valence electrons. The van der Waals surface area contributed by atoms with E-state index in [0.717, 1.165) is 24.0 Å². The fourth-order valence-corrected chi connectivity index (χ4v) is 3.80. The van der Waals surface area contributed by atoms with E-state index in [1.54, 1.807) is 18.2 Å². The van der Waals surface area contributed by atoms with Crippen LogP contribution in [-0.4, -0.2) is 36.4 Å². The van der Waals surface area contributed by atoms with E-state index < -0.39 is 16.2 Å². The molecule has 1 saturated carbocycles. The highest BCUT2D eigenvalue weighted by atomic mass is 32.2. The Kier molecular flexibility index (Phi) is 3.27. The predicted molar refractivity (Wildman–Crippen MR) is 72.6 cm³/mol. The number of carboxylic acid groups (broad SMARTS) is 1. The summed E-state index contributed by atoms with van der Waals surface area (Å²) in [7, 11) is -3.46. The number of nitrogens with zero attached hydrogens (tertiary/aromatic N) is 1. The van der Waals surface area contributed by atoms with Crippen molar-refractivity contribution in [2.45, 2.75) is 31.8 Å². The van der Waals surface area contributed by atoms with Crippen molar-refractivity contribution in [2.75, 3.05) is 6.54 Å². The molecule has 2 aliphatic rings. The van der Waals surface area contributed by atoms with Gasteiger partial charge in [-0.3, -0.25) is 0 Å². The van der Waals surface area contributed by atoms with Gasteiger partial charge in [-0.15, -0.1) is 0 Å². The zero-order valence-corrected chi connectivity index (χ0v) is 11.7. The Labute approximate surface area is 117 Å². The van der Waals surface area contributed by atoms with Gasteiger partial charge in [-0.2, -0.15) is 17.4 Å². The molecule has 0 spiro atoms. The molecule has 0 amide bonds. The Morgan fingerprint density at radius 2 is 2.05 bits per heavy atom. The van der Waals surface area contributed by atoms with Crippen molar-refractivity contribution < 1.29 is 18.3 Å². The van der Waals surface area contributed by atoms with E-state index in [1.807, 2.05) is 0 Å². The second kappa shape index (κ2) is 4.83. The summed E-state index contributed by atoms with van der Waals surface area (Å²) in [6.07, 6.45) is 2.40. The highest BCUT2D eigenvalue weighted by molar-refractivity contribution is 7.87. The molecular formula is C13H16N2O4S. The van der Waals surface area contributed by atoms with Gasteiger partial charge in [0.2, 0.25) is 0 Å². The normalized spacial score (nSPS) is 19.6. The molecule has 0 radical (unpaired) electrons. The van der Waals surface area contributed by atoms with Gasteiger partial charge in [-0.1, -0.05) is 6.07 Å². The second-order valence-corrected chi connectivity index (χ2v) is 6.97. The summed E-state index contributed by atoms with van der Waals surface area (Å²) in [6.45, 7) is 0.667. The van der Waals surface area contributed by atoms with E-state index in [1.165, 1.54) is 4.31 Å². The molecule has 1 aliphatic carbocycles. The van der Waals surface area contributed by atoms with Crippen LogP contribution >= 0.6 is 0 Å². The van der Waals surface area contributed by atoms with Crippen LogP contribution in [-0.2, 0) is 23.2 Å². The van der Waals surface area contributed by atoms with Crippen LogP contribution in [0.3, 0.4) is 0 Å². The molecule has 0 bridgehead atoms. The van der Waals surface area contributed by atoms with Gasteiger partial charge in [0.25, 0.3) is 10.2 Å². The van der Waals surface area contributed by atoms with Crippen molar-refractivity contribution in [1.29, 1.82) is 0 Å². The number of hydrogen-bond acceptors (Lipinski definition) is 3. The van der Waals surface area contributed by atoms with E-state index in [9.17, 15) is 13.2 Å². The summed E-state index contributed by atoms with van der Waals surface area (Å²) in [5.74, 6) is -0.996. The first-order chi connectivity index (χ1) is 9.45. The van der Waals surface area contributed by atoms with Crippen molar-refractivity contribution in [3.05, 3.63) is 34.9 Å². The van der Waals surface area contributed by atoms with Gasteiger partial charge in [0.1, 0.15) is 0 Å². The summed E-state index contributed by atoms with van der Waals surface area (Å²) in [5.41, 5.74) is 1.99. The van der Waals surface area contributed by atoms with Crippen molar-refractivity contribution in [1.82, 2.24) is 9.03 Å². The molecule has 1 aromatic rings. The van der Waals surface area contributed by atoms with E-state index in [-0.39, 0.29) is 18.2 Å². The number of rotatable bonds is 4. The third kappa shape index (κ3) is 2.70. The lowest BCUT2D eigenvalue weighted by atomic mass is 9.99. The number of fused-ring (bicyclic) bond motifs is 1. The van der Waals surface area contributed by atoms with Gasteiger partial charge in [0.05, 0.1) is 5.56 Å². The van der Waals surface area contributed by atoms with Gasteiger partial charge < -0.3 is 5.11 Å². The minimum atomic E-state index is -3.46. The first kappa shape index (κ1) is 13.5. The van der Waals surface area contributed by atoms with E-state index in [2.05, 4.69) is 4.72 Å². The van der Waals surface area contributed by atoms with Crippen LogP contribution in [0.5, 0.6) is 0 Å². The van der Waals surface area contributed by atoms with Crippen molar-refractivity contribution in [3.63, 3.8) is 0 Å². The molecule has 6 nitrogen and oxygen atoms in total. The highest BCUT2D eigenvalue weighted by Crippen LogP contribution is 2.25. The van der Waals surface area contributed by atoms with Gasteiger partial charge in [0, 0.05) is 19.1 Å². The Balaban J connectivity index is 1.83. The minimum absolute atomic E-state index is 0.0757. The third-order valence-electron chi connectivity index (χ3n) is 3.66. The summed E-state index contributed by atoms with van der Waals surface area (Å²) in [4.78, 5) is 11.0. The Morgan fingerprint density at radius 1 is 1.30 bits per heavy atom. The number of aromatic carboxylic acids is 1. The number of carboxylic acids is 1. The molecule has 20 heavy (non-hydrogen) atoms. The molecular weight excluding hydrogens is 280 g/mol. The molecule has 0 aromatic heterocycles. The standard InChI is InChI=1S/C13H16N2O4S/c16-13(17)10-2-1-9-5-6-15(8-11(9)7-10)20(18,19)14-12-3-4-12/h1-2,7,12,14H,3-6,8H2,(H,16,17).